The molecule has 0 bridgehead atoms. The Labute approximate surface area is 190 Å². The van der Waals surface area contributed by atoms with Gasteiger partial charge in [-0.3, -0.25) is 10.5 Å². The van der Waals surface area contributed by atoms with Crippen molar-refractivity contribution >= 4 is 5.97 Å². The van der Waals surface area contributed by atoms with Crippen LogP contribution in [0, 0.1) is 0 Å². The molecule has 3 N–H and O–H groups in total. The van der Waals surface area contributed by atoms with Crippen LogP contribution in [0.25, 0.3) is 0 Å². The summed E-state index contributed by atoms with van der Waals surface area (Å²) in [5.74, 6) is -2.31. The zero-order valence-corrected chi connectivity index (χ0v) is 19.7. The molecule has 0 saturated heterocycles. The average molecular weight is 432 g/mol. The molecular weight excluding hydrogens is 386 g/mol. The van der Waals surface area contributed by atoms with Crippen molar-refractivity contribution in [1.29, 1.82) is 0 Å². The molecule has 0 aliphatic carbocycles. The van der Waals surface area contributed by atoms with Gasteiger partial charge in [0.2, 0.25) is 0 Å². The maximum atomic E-state index is 11.9. The van der Waals surface area contributed by atoms with Crippen molar-refractivity contribution in [1.82, 2.24) is 0 Å². The van der Waals surface area contributed by atoms with E-state index in [9.17, 15) is 9.90 Å². The fraction of sp³-hybridized carbons (Fsp3) is 0.667. The maximum Gasteiger partial charge on any atom is 0.309 e. The van der Waals surface area contributed by atoms with E-state index in [1.165, 1.54) is 57.8 Å². The molecule has 0 amide bonds. The van der Waals surface area contributed by atoms with Gasteiger partial charge in [0.05, 0.1) is 0 Å². The lowest BCUT2D eigenvalue weighted by Crippen LogP contribution is -2.44. The summed E-state index contributed by atoms with van der Waals surface area (Å²) in [4.78, 5) is 11.9. The second kappa shape index (κ2) is 18.0. The molecule has 1 aromatic rings. The van der Waals surface area contributed by atoms with Crippen LogP contribution in [0.4, 0.5) is 0 Å². The molecule has 4 nitrogen and oxygen atoms in total. The number of aryl methyl sites for hydroxylation is 1. The molecule has 0 aliphatic heterocycles. The SMILES string of the molecule is CCCCCCCC/C=C\CCCCCCCC(=O)OC(N)(O)CCc1ccccc1. The summed E-state index contributed by atoms with van der Waals surface area (Å²) in [7, 11) is 0. The van der Waals surface area contributed by atoms with Crippen LogP contribution in [-0.2, 0) is 16.0 Å². The summed E-state index contributed by atoms with van der Waals surface area (Å²) in [6.07, 6.45) is 21.5. The molecular formula is C27H45NO3. The second-order valence-corrected chi connectivity index (χ2v) is 8.64. The number of hydrogen-bond donors (Lipinski definition) is 2. The molecule has 0 fully saturated rings. The Kier molecular flexibility index (Phi) is 15.9. The standard InChI is InChI=1S/C27H45NO3/c1-2-3-4-5-6-7-8-9-10-11-12-13-14-15-19-22-26(29)31-27(28,30)24-23-25-20-17-16-18-21-25/h9-10,16-18,20-21,30H,2-8,11-15,19,22-24,28H2,1H3/b10-9-. The highest BCUT2D eigenvalue weighted by molar-refractivity contribution is 5.69. The molecule has 0 spiro atoms. The third kappa shape index (κ3) is 16.7. The smallest absolute Gasteiger partial charge is 0.309 e. The number of allylic oxidation sites excluding steroid dienone is 2. The largest absolute Gasteiger partial charge is 0.419 e. The zero-order chi connectivity index (χ0) is 22.6. The number of unbranched alkanes of at least 4 members (excludes halogenated alkanes) is 11. The van der Waals surface area contributed by atoms with E-state index < -0.39 is 11.9 Å². The minimum atomic E-state index is -1.89. The van der Waals surface area contributed by atoms with Gasteiger partial charge in [0, 0.05) is 12.8 Å². The highest BCUT2D eigenvalue weighted by Gasteiger charge is 2.25. The van der Waals surface area contributed by atoms with Crippen molar-refractivity contribution in [3.05, 3.63) is 48.0 Å². The second-order valence-electron chi connectivity index (χ2n) is 8.64. The van der Waals surface area contributed by atoms with Crippen LogP contribution in [0.3, 0.4) is 0 Å². The summed E-state index contributed by atoms with van der Waals surface area (Å²) < 4.78 is 5.06. The van der Waals surface area contributed by atoms with Gasteiger partial charge < -0.3 is 9.84 Å². The summed E-state index contributed by atoms with van der Waals surface area (Å²) in [6.45, 7) is 2.26. The van der Waals surface area contributed by atoms with E-state index in [2.05, 4.69) is 19.1 Å². The Morgan fingerprint density at radius 3 is 2.06 bits per heavy atom. The lowest BCUT2D eigenvalue weighted by molar-refractivity contribution is -0.209. The third-order valence-corrected chi connectivity index (χ3v) is 5.55. The molecule has 1 aromatic carbocycles. The Hall–Kier alpha value is -1.65. The number of carbonyl (C=O) groups is 1. The lowest BCUT2D eigenvalue weighted by Gasteiger charge is -2.23. The molecule has 0 heterocycles. The van der Waals surface area contributed by atoms with Crippen LogP contribution in [0.15, 0.2) is 42.5 Å². The fourth-order valence-electron chi connectivity index (χ4n) is 3.61. The first kappa shape index (κ1) is 27.4. The monoisotopic (exact) mass is 431 g/mol. The van der Waals surface area contributed by atoms with Gasteiger partial charge in [0.25, 0.3) is 5.91 Å². The summed E-state index contributed by atoms with van der Waals surface area (Å²) >= 11 is 0. The fourth-order valence-corrected chi connectivity index (χ4v) is 3.61. The van der Waals surface area contributed by atoms with E-state index in [0.717, 1.165) is 31.2 Å². The van der Waals surface area contributed by atoms with Gasteiger partial charge in [-0.05, 0) is 44.1 Å². The first-order valence-electron chi connectivity index (χ1n) is 12.5. The van der Waals surface area contributed by atoms with Crippen LogP contribution in [-0.4, -0.2) is 17.0 Å². The van der Waals surface area contributed by atoms with Gasteiger partial charge in [0.15, 0.2) is 0 Å². The molecule has 0 saturated carbocycles. The minimum absolute atomic E-state index is 0.190. The molecule has 4 heteroatoms. The van der Waals surface area contributed by atoms with Crippen molar-refractivity contribution < 1.29 is 14.6 Å². The molecule has 0 radical (unpaired) electrons. The Morgan fingerprint density at radius 1 is 0.903 bits per heavy atom. The van der Waals surface area contributed by atoms with Crippen LogP contribution in [0.1, 0.15) is 109 Å². The topological polar surface area (TPSA) is 72.5 Å². The maximum absolute atomic E-state index is 11.9. The van der Waals surface area contributed by atoms with Crippen molar-refractivity contribution in [3.63, 3.8) is 0 Å². The summed E-state index contributed by atoms with van der Waals surface area (Å²) in [5, 5.41) is 10.1. The summed E-state index contributed by atoms with van der Waals surface area (Å²) in [6, 6.07) is 9.73. The zero-order valence-electron chi connectivity index (χ0n) is 19.7. The number of nitrogens with two attached hydrogens (primary N) is 1. The quantitative estimate of drug-likeness (QED) is 0.109. The number of ether oxygens (including phenoxy) is 1. The normalized spacial score (nSPS) is 13.4. The number of carbonyl (C=O) groups excluding carboxylic acids is 1. The van der Waals surface area contributed by atoms with E-state index in [4.69, 9.17) is 10.5 Å². The molecule has 176 valence electrons. The molecule has 1 rings (SSSR count). The molecule has 1 unspecified atom stereocenters. The average Bonchev–Trinajstić information content (AvgIpc) is 2.75. The minimum Gasteiger partial charge on any atom is -0.419 e. The van der Waals surface area contributed by atoms with E-state index in [-0.39, 0.29) is 6.42 Å². The number of esters is 1. The Bertz CT molecular complexity index is 583. The summed E-state index contributed by atoms with van der Waals surface area (Å²) in [5.41, 5.74) is 6.78. The van der Waals surface area contributed by atoms with E-state index in [1.807, 2.05) is 30.3 Å². The van der Waals surface area contributed by atoms with Gasteiger partial charge in [-0.1, -0.05) is 101 Å². The molecule has 1 atom stereocenters. The molecule has 0 aliphatic rings. The van der Waals surface area contributed by atoms with Crippen LogP contribution in [0.2, 0.25) is 0 Å². The predicted octanol–water partition coefficient (Wildman–Crippen LogP) is 6.80. The van der Waals surface area contributed by atoms with Crippen LogP contribution in [0.5, 0.6) is 0 Å². The number of benzene rings is 1. The van der Waals surface area contributed by atoms with Gasteiger partial charge in [-0.15, -0.1) is 0 Å². The first-order chi connectivity index (χ1) is 15.0. The Morgan fingerprint density at radius 2 is 1.45 bits per heavy atom. The molecule has 0 aromatic heterocycles. The molecule has 31 heavy (non-hydrogen) atoms. The van der Waals surface area contributed by atoms with E-state index >= 15 is 0 Å². The first-order valence-corrected chi connectivity index (χ1v) is 12.5. The van der Waals surface area contributed by atoms with Gasteiger partial charge in [0.1, 0.15) is 0 Å². The van der Waals surface area contributed by atoms with Crippen LogP contribution < -0.4 is 5.73 Å². The number of hydrogen-bond acceptors (Lipinski definition) is 4. The number of rotatable bonds is 19. The van der Waals surface area contributed by atoms with E-state index in [0.29, 0.717) is 12.8 Å². The predicted molar refractivity (Wildman–Crippen MR) is 129 cm³/mol. The third-order valence-electron chi connectivity index (χ3n) is 5.55. The van der Waals surface area contributed by atoms with Crippen molar-refractivity contribution in [2.75, 3.05) is 0 Å². The highest BCUT2D eigenvalue weighted by atomic mass is 16.7. The Balaban J connectivity index is 1.94. The van der Waals surface area contributed by atoms with Crippen molar-refractivity contribution in [2.45, 2.75) is 116 Å². The van der Waals surface area contributed by atoms with Crippen molar-refractivity contribution in [2.24, 2.45) is 5.73 Å². The highest BCUT2D eigenvalue weighted by Crippen LogP contribution is 2.14. The lowest BCUT2D eigenvalue weighted by atomic mass is 10.1. The number of aliphatic hydroxyl groups is 1. The van der Waals surface area contributed by atoms with Gasteiger partial charge >= 0.3 is 5.97 Å². The van der Waals surface area contributed by atoms with Crippen molar-refractivity contribution in [3.8, 4) is 0 Å². The van der Waals surface area contributed by atoms with Gasteiger partial charge in [-0.25, -0.2) is 0 Å². The van der Waals surface area contributed by atoms with Crippen LogP contribution >= 0.6 is 0 Å². The van der Waals surface area contributed by atoms with Gasteiger partial charge in [-0.2, -0.15) is 0 Å². The van der Waals surface area contributed by atoms with E-state index in [1.54, 1.807) is 0 Å².